The van der Waals surface area contributed by atoms with Crippen molar-refractivity contribution in [3.63, 3.8) is 0 Å². The molecule has 0 aliphatic heterocycles. The summed E-state index contributed by atoms with van der Waals surface area (Å²) < 4.78 is 3.03. The smallest absolute Gasteiger partial charge is 0.251 e. The highest BCUT2D eigenvalue weighted by Crippen LogP contribution is 2.13. The van der Waals surface area contributed by atoms with E-state index in [9.17, 15) is 4.79 Å². The van der Waals surface area contributed by atoms with Gasteiger partial charge in [-0.25, -0.2) is 4.98 Å². The number of benzene rings is 2. The largest absolute Gasteiger partial charge is 0.348 e. The molecular formula is C19H18BrN3O. The van der Waals surface area contributed by atoms with Crippen molar-refractivity contribution >= 4 is 21.8 Å². The third-order valence-electron chi connectivity index (χ3n) is 3.81. The highest BCUT2D eigenvalue weighted by atomic mass is 79.9. The summed E-state index contributed by atoms with van der Waals surface area (Å²) in [4.78, 5) is 16.5. The van der Waals surface area contributed by atoms with Crippen molar-refractivity contribution in [2.75, 3.05) is 0 Å². The molecular weight excluding hydrogens is 366 g/mol. The molecule has 3 aromatic rings. The highest BCUT2D eigenvalue weighted by molar-refractivity contribution is 9.10. The van der Waals surface area contributed by atoms with Crippen LogP contribution in [0.4, 0.5) is 0 Å². The predicted molar refractivity (Wildman–Crippen MR) is 98.3 cm³/mol. The van der Waals surface area contributed by atoms with Gasteiger partial charge in [0.25, 0.3) is 5.91 Å². The first-order chi connectivity index (χ1) is 11.7. The minimum Gasteiger partial charge on any atom is -0.348 e. The number of nitrogens with zero attached hydrogens (tertiary/aromatic N) is 2. The van der Waals surface area contributed by atoms with Crippen molar-refractivity contribution < 1.29 is 4.79 Å². The lowest BCUT2D eigenvalue weighted by atomic mass is 10.2. The van der Waals surface area contributed by atoms with Crippen molar-refractivity contribution in [1.82, 2.24) is 14.9 Å². The molecule has 0 radical (unpaired) electrons. The third kappa shape index (κ3) is 3.74. The lowest BCUT2D eigenvalue weighted by molar-refractivity contribution is 0.0951. The minimum atomic E-state index is -0.0746. The molecule has 0 bridgehead atoms. The van der Waals surface area contributed by atoms with Crippen LogP contribution in [0.1, 0.15) is 28.7 Å². The maximum atomic E-state index is 12.1. The molecule has 0 aliphatic carbocycles. The van der Waals surface area contributed by atoms with E-state index in [0.717, 1.165) is 28.0 Å². The monoisotopic (exact) mass is 383 g/mol. The van der Waals surface area contributed by atoms with Gasteiger partial charge in [-0.1, -0.05) is 35.0 Å². The Balaban J connectivity index is 1.64. The average Bonchev–Trinajstić information content (AvgIpc) is 3.09. The zero-order valence-corrected chi connectivity index (χ0v) is 15.0. The maximum absolute atomic E-state index is 12.1. The number of rotatable bonds is 5. The average molecular weight is 384 g/mol. The van der Waals surface area contributed by atoms with Crippen molar-refractivity contribution in [3.8, 4) is 5.69 Å². The molecule has 1 amide bonds. The number of hydrogen-bond donors (Lipinski definition) is 1. The number of aryl methyl sites for hydroxylation is 1. The van der Waals surface area contributed by atoms with Crippen molar-refractivity contribution in [1.29, 1.82) is 0 Å². The fraction of sp³-hybridized carbons (Fsp3) is 0.158. The van der Waals surface area contributed by atoms with Gasteiger partial charge in [-0.15, -0.1) is 0 Å². The lowest BCUT2D eigenvalue weighted by Crippen LogP contribution is -2.22. The Morgan fingerprint density at radius 2 is 1.83 bits per heavy atom. The van der Waals surface area contributed by atoms with Crippen LogP contribution >= 0.6 is 15.9 Å². The van der Waals surface area contributed by atoms with Crippen molar-refractivity contribution in [2.24, 2.45) is 0 Å². The van der Waals surface area contributed by atoms with E-state index in [0.29, 0.717) is 12.1 Å². The molecule has 0 unspecified atom stereocenters. The van der Waals surface area contributed by atoms with Gasteiger partial charge in [-0.2, -0.15) is 0 Å². The molecule has 0 saturated heterocycles. The van der Waals surface area contributed by atoms with E-state index in [1.165, 1.54) is 0 Å². The van der Waals surface area contributed by atoms with Gasteiger partial charge in [0, 0.05) is 41.1 Å². The molecule has 0 fully saturated rings. The van der Waals surface area contributed by atoms with Crippen LogP contribution in [0.2, 0.25) is 0 Å². The molecule has 3 rings (SSSR count). The van der Waals surface area contributed by atoms with Gasteiger partial charge in [0.2, 0.25) is 0 Å². The Morgan fingerprint density at radius 1 is 1.12 bits per heavy atom. The molecule has 122 valence electrons. The summed E-state index contributed by atoms with van der Waals surface area (Å²) in [7, 11) is 0. The Bertz CT molecular complexity index is 823. The Morgan fingerprint density at radius 3 is 2.50 bits per heavy atom. The van der Waals surface area contributed by atoms with Crippen LogP contribution in [-0.4, -0.2) is 15.5 Å². The first kappa shape index (κ1) is 16.5. The van der Waals surface area contributed by atoms with Crippen LogP contribution in [-0.2, 0) is 13.0 Å². The van der Waals surface area contributed by atoms with Gasteiger partial charge in [-0.3, -0.25) is 4.79 Å². The van der Waals surface area contributed by atoms with Crippen LogP contribution in [0, 0.1) is 0 Å². The van der Waals surface area contributed by atoms with Gasteiger partial charge in [-0.05, 0) is 42.0 Å². The number of halogens is 1. The van der Waals surface area contributed by atoms with Gasteiger partial charge in [0.15, 0.2) is 0 Å². The number of nitrogens with one attached hydrogen (secondary N) is 1. The first-order valence-corrected chi connectivity index (χ1v) is 8.62. The molecule has 0 aliphatic rings. The molecule has 1 aromatic heterocycles. The third-order valence-corrected chi connectivity index (χ3v) is 4.34. The SMILES string of the molecule is CCc1nccn1-c1ccc(CNC(=O)c2ccc(Br)cc2)cc1. The number of carbonyl (C=O) groups excluding carboxylic acids is 1. The molecule has 0 atom stereocenters. The Hall–Kier alpha value is -2.40. The number of imidazole rings is 1. The molecule has 4 nitrogen and oxygen atoms in total. The van der Waals surface area contributed by atoms with Gasteiger partial charge < -0.3 is 9.88 Å². The van der Waals surface area contributed by atoms with E-state index in [2.05, 4.69) is 37.7 Å². The molecule has 5 heteroatoms. The van der Waals surface area contributed by atoms with E-state index < -0.39 is 0 Å². The van der Waals surface area contributed by atoms with Crippen molar-refractivity contribution in [2.45, 2.75) is 19.9 Å². The molecule has 0 spiro atoms. The second-order valence-corrected chi connectivity index (χ2v) is 6.34. The topological polar surface area (TPSA) is 46.9 Å². The van der Waals surface area contributed by atoms with Gasteiger partial charge in [0.05, 0.1) is 0 Å². The number of carbonyl (C=O) groups is 1. The van der Waals surface area contributed by atoms with Gasteiger partial charge in [0.1, 0.15) is 5.82 Å². The highest BCUT2D eigenvalue weighted by Gasteiger charge is 2.06. The summed E-state index contributed by atoms with van der Waals surface area (Å²) in [5.74, 6) is 0.959. The number of aromatic nitrogens is 2. The van der Waals surface area contributed by atoms with Crippen LogP contribution in [0.15, 0.2) is 65.4 Å². The zero-order chi connectivity index (χ0) is 16.9. The van der Waals surface area contributed by atoms with Gasteiger partial charge >= 0.3 is 0 Å². The number of hydrogen-bond acceptors (Lipinski definition) is 2. The van der Waals surface area contributed by atoms with Crippen molar-refractivity contribution in [3.05, 3.63) is 82.3 Å². The molecule has 2 aromatic carbocycles. The summed E-state index contributed by atoms with van der Waals surface area (Å²) in [6, 6.07) is 15.5. The predicted octanol–water partition coefficient (Wildman–Crippen LogP) is 4.13. The van der Waals surface area contributed by atoms with E-state index in [-0.39, 0.29) is 5.91 Å². The van der Waals surface area contributed by atoms with Crippen LogP contribution in [0.25, 0.3) is 5.69 Å². The summed E-state index contributed by atoms with van der Waals surface area (Å²) >= 11 is 3.37. The summed E-state index contributed by atoms with van der Waals surface area (Å²) in [5.41, 5.74) is 2.79. The summed E-state index contributed by atoms with van der Waals surface area (Å²) in [6.07, 6.45) is 4.66. The first-order valence-electron chi connectivity index (χ1n) is 7.82. The minimum absolute atomic E-state index is 0.0746. The Kier molecular flexibility index (Phi) is 5.11. The fourth-order valence-electron chi connectivity index (χ4n) is 2.49. The maximum Gasteiger partial charge on any atom is 0.251 e. The van der Waals surface area contributed by atoms with E-state index >= 15 is 0 Å². The van der Waals surface area contributed by atoms with E-state index in [4.69, 9.17) is 0 Å². The second kappa shape index (κ2) is 7.45. The molecule has 1 N–H and O–H groups in total. The number of amides is 1. The van der Waals surface area contributed by atoms with E-state index in [1.807, 2.05) is 48.8 Å². The molecule has 0 saturated carbocycles. The standard InChI is InChI=1S/C19H18BrN3O/c1-2-18-21-11-12-23(18)17-9-3-14(4-10-17)13-22-19(24)15-5-7-16(20)8-6-15/h3-12H,2,13H2,1H3,(H,22,24). The van der Waals surface area contributed by atoms with Crippen LogP contribution in [0.5, 0.6) is 0 Å². The second-order valence-electron chi connectivity index (χ2n) is 5.42. The Labute approximate surface area is 149 Å². The van der Waals surface area contributed by atoms with E-state index in [1.54, 1.807) is 12.1 Å². The van der Waals surface area contributed by atoms with Crippen LogP contribution in [0.3, 0.4) is 0 Å². The molecule has 1 heterocycles. The summed E-state index contributed by atoms with van der Waals surface area (Å²) in [6.45, 7) is 2.59. The van der Waals surface area contributed by atoms with Crippen LogP contribution < -0.4 is 5.32 Å². The normalized spacial score (nSPS) is 10.6. The molecule has 24 heavy (non-hydrogen) atoms. The lowest BCUT2D eigenvalue weighted by Gasteiger charge is -2.09. The zero-order valence-electron chi connectivity index (χ0n) is 13.4. The fourth-order valence-corrected chi connectivity index (χ4v) is 2.76. The quantitative estimate of drug-likeness (QED) is 0.719. The summed E-state index contributed by atoms with van der Waals surface area (Å²) in [5, 5.41) is 2.94.